The van der Waals surface area contributed by atoms with E-state index >= 15 is 0 Å². The predicted molar refractivity (Wildman–Crippen MR) is 35.9 cm³/mol. The topological polar surface area (TPSA) is 29.5 Å². The van der Waals surface area contributed by atoms with Crippen LogP contribution in [0.1, 0.15) is 19.8 Å². The van der Waals surface area contributed by atoms with E-state index in [0.717, 1.165) is 12.8 Å². The third-order valence-corrected chi connectivity index (χ3v) is 1.04. The smallest absolute Gasteiger partial charge is 0.0870 e. The van der Waals surface area contributed by atoms with Crippen LogP contribution in [-0.2, 0) is 4.18 Å². The molecule has 0 aliphatic heterocycles. The normalized spacial score (nSPS) is 13.9. The minimum Gasteiger partial charge on any atom is -0.391 e. The lowest BCUT2D eigenvalue weighted by molar-refractivity contribution is 0.111. The molecule has 0 aromatic heterocycles. The van der Waals surface area contributed by atoms with E-state index in [1.54, 1.807) is 0 Å². The largest absolute Gasteiger partial charge is 0.391 e. The standard InChI is InChI=1S/C5H12O2S/c1-2-3-5(6)4-7-8/h5-6,8H,2-4H2,1H3. The van der Waals surface area contributed by atoms with Crippen LogP contribution in [0.25, 0.3) is 0 Å². The highest BCUT2D eigenvalue weighted by molar-refractivity contribution is 7.75. The van der Waals surface area contributed by atoms with Crippen LogP contribution in [0, 0.1) is 0 Å². The number of hydrogen-bond acceptors (Lipinski definition) is 3. The van der Waals surface area contributed by atoms with E-state index in [0.29, 0.717) is 6.61 Å². The molecule has 2 nitrogen and oxygen atoms in total. The van der Waals surface area contributed by atoms with Gasteiger partial charge in [0.15, 0.2) is 0 Å². The fourth-order valence-electron chi connectivity index (χ4n) is 0.503. The molecular weight excluding hydrogens is 124 g/mol. The van der Waals surface area contributed by atoms with Gasteiger partial charge in [-0.1, -0.05) is 13.3 Å². The first kappa shape index (κ1) is 8.27. The maximum Gasteiger partial charge on any atom is 0.0870 e. The van der Waals surface area contributed by atoms with Gasteiger partial charge in [-0.15, -0.1) is 0 Å². The van der Waals surface area contributed by atoms with Crippen molar-refractivity contribution in [3.63, 3.8) is 0 Å². The minimum atomic E-state index is -0.336. The Morgan fingerprint density at radius 2 is 2.38 bits per heavy atom. The number of hydrogen-bond donors (Lipinski definition) is 2. The number of aliphatic hydroxyl groups is 1. The quantitative estimate of drug-likeness (QED) is 0.446. The summed E-state index contributed by atoms with van der Waals surface area (Å²) < 4.78 is 4.40. The minimum absolute atomic E-state index is 0.330. The molecule has 0 aromatic carbocycles. The van der Waals surface area contributed by atoms with E-state index in [4.69, 9.17) is 5.11 Å². The lowest BCUT2D eigenvalue weighted by Gasteiger charge is -2.04. The second-order valence-electron chi connectivity index (χ2n) is 1.74. The molecular formula is C5H12O2S. The highest BCUT2D eigenvalue weighted by atomic mass is 32.1. The molecule has 0 fully saturated rings. The first-order valence-corrected chi connectivity index (χ1v) is 3.12. The summed E-state index contributed by atoms with van der Waals surface area (Å²) in [5.41, 5.74) is 0. The highest BCUT2D eigenvalue weighted by Gasteiger charge is 1.99. The zero-order valence-corrected chi connectivity index (χ0v) is 5.90. The van der Waals surface area contributed by atoms with Crippen molar-refractivity contribution in [2.45, 2.75) is 25.9 Å². The second kappa shape index (κ2) is 5.41. The van der Waals surface area contributed by atoms with Crippen molar-refractivity contribution in [2.75, 3.05) is 6.61 Å². The molecule has 3 heteroatoms. The van der Waals surface area contributed by atoms with Crippen molar-refractivity contribution >= 4 is 12.9 Å². The lowest BCUT2D eigenvalue weighted by atomic mass is 10.2. The third kappa shape index (κ3) is 4.43. The van der Waals surface area contributed by atoms with Gasteiger partial charge in [0.05, 0.1) is 12.7 Å². The average Bonchev–Trinajstić information content (AvgIpc) is 1.68. The molecule has 0 bridgehead atoms. The maximum atomic E-state index is 8.88. The van der Waals surface area contributed by atoms with E-state index < -0.39 is 0 Å². The zero-order chi connectivity index (χ0) is 6.41. The summed E-state index contributed by atoms with van der Waals surface area (Å²) in [4.78, 5) is 0. The number of aliphatic hydroxyl groups excluding tert-OH is 1. The van der Waals surface area contributed by atoms with Crippen LogP contribution in [0.3, 0.4) is 0 Å². The Morgan fingerprint density at radius 3 is 2.75 bits per heavy atom. The van der Waals surface area contributed by atoms with Crippen molar-refractivity contribution in [2.24, 2.45) is 0 Å². The second-order valence-corrected chi connectivity index (χ2v) is 2.00. The Balaban J connectivity index is 2.92. The van der Waals surface area contributed by atoms with Crippen LogP contribution in [-0.4, -0.2) is 17.8 Å². The Bertz CT molecular complexity index is 43.7. The fourth-order valence-corrected chi connectivity index (χ4v) is 0.675. The molecule has 0 saturated heterocycles. The molecule has 0 aliphatic rings. The summed E-state index contributed by atoms with van der Waals surface area (Å²) in [7, 11) is 0. The van der Waals surface area contributed by atoms with Gasteiger partial charge < -0.3 is 9.29 Å². The molecule has 0 aliphatic carbocycles. The molecule has 0 rings (SSSR count). The van der Waals surface area contributed by atoms with Crippen LogP contribution in [0.5, 0.6) is 0 Å². The van der Waals surface area contributed by atoms with E-state index in [9.17, 15) is 0 Å². The average molecular weight is 136 g/mol. The molecule has 1 N–H and O–H groups in total. The van der Waals surface area contributed by atoms with E-state index in [-0.39, 0.29) is 6.10 Å². The zero-order valence-electron chi connectivity index (χ0n) is 5.00. The van der Waals surface area contributed by atoms with Gasteiger partial charge in [0, 0.05) is 0 Å². The van der Waals surface area contributed by atoms with Crippen LogP contribution >= 0.6 is 12.9 Å². The Labute approximate surface area is 55.5 Å². The van der Waals surface area contributed by atoms with Gasteiger partial charge in [-0.2, -0.15) is 0 Å². The van der Waals surface area contributed by atoms with Crippen molar-refractivity contribution < 1.29 is 9.29 Å². The van der Waals surface area contributed by atoms with Crippen molar-refractivity contribution in [1.82, 2.24) is 0 Å². The molecule has 0 aromatic rings. The van der Waals surface area contributed by atoms with E-state index in [2.05, 4.69) is 17.1 Å². The van der Waals surface area contributed by atoms with Gasteiger partial charge >= 0.3 is 0 Å². The van der Waals surface area contributed by atoms with Gasteiger partial charge in [-0.25, -0.2) is 0 Å². The molecule has 1 unspecified atom stereocenters. The van der Waals surface area contributed by atoms with Gasteiger partial charge in [0.2, 0.25) is 0 Å². The van der Waals surface area contributed by atoms with Crippen molar-refractivity contribution in [3.8, 4) is 0 Å². The van der Waals surface area contributed by atoms with E-state index in [1.165, 1.54) is 0 Å². The summed E-state index contributed by atoms with van der Waals surface area (Å²) in [5.74, 6) is 0. The van der Waals surface area contributed by atoms with Crippen molar-refractivity contribution in [3.05, 3.63) is 0 Å². The number of thiol groups is 1. The first-order valence-electron chi connectivity index (χ1n) is 2.75. The third-order valence-electron chi connectivity index (χ3n) is 0.889. The summed E-state index contributed by atoms with van der Waals surface area (Å²) in [6, 6.07) is 0. The molecule has 0 heterocycles. The molecule has 8 heavy (non-hydrogen) atoms. The maximum absolute atomic E-state index is 8.88. The number of rotatable bonds is 4. The fraction of sp³-hybridized carbons (Fsp3) is 1.00. The van der Waals surface area contributed by atoms with Gasteiger partial charge in [0.25, 0.3) is 0 Å². The molecule has 0 amide bonds. The molecule has 50 valence electrons. The molecule has 0 saturated carbocycles. The van der Waals surface area contributed by atoms with Gasteiger partial charge in [-0.3, -0.25) is 0 Å². The van der Waals surface area contributed by atoms with Crippen molar-refractivity contribution in [1.29, 1.82) is 0 Å². The molecule has 0 radical (unpaired) electrons. The Kier molecular flexibility index (Phi) is 5.59. The van der Waals surface area contributed by atoms with Crippen LogP contribution in [0.4, 0.5) is 0 Å². The monoisotopic (exact) mass is 136 g/mol. The van der Waals surface area contributed by atoms with Gasteiger partial charge in [-0.05, 0) is 19.3 Å². The van der Waals surface area contributed by atoms with Crippen LogP contribution in [0.2, 0.25) is 0 Å². The first-order chi connectivity index (χ1) is 3.81. The summed E-state index contributed by atoms with van der Waals surface area (Å²) in [6.07, 6.45) is 1.44. The molecule has 1 atom stereocenters. The summed E-state index contributed by atoms with van der Waals surface area (Å²) in [5, 5.41) is 8.88. The van der Waals surface area contributed by atoms with Gasteiger partial charge in [0.1, 0.15) is 0 Å². The SMILES string of the molecule is CCCC(O)COS. The van der Waals surface area contributed by atoms with E-state index in [1.807, 2.05) is 6.92 Å². The Morgan fingerprint density at radius 1 is 1.75 bits per heavy atom. The van der Waals surface area contributed by atoms with Crippen LogP contribution < -0.4 is 0 Å². The summed E-state index contributed by atoms with van der Waals surface area (Å²) in [6.45, 7) is 2.35. The molecule has 0 spiro atoms. The summed E-state index contributed by atoms with van der Waals surface area (Å²) >= 11 is 3.49. The highest BCUT2D eigenvalue weighted by Crippen LogP contribution is 1.96. The predicted octanol–water partition coefficient (Wildman–Crippen LogP) is 1.01. The Hall–Kier alpha value is 0.270. The lowest BCUT2D eigenvalue weighted by Crippen LogP contribution is -2.11. The van der Waals surface area contributed by atoms with Crippen LogP contribution in [0.15, 0.2) is 0 Å².